The van der Waals surface area contributed by atoms with E-state index >= 15 is 0 Å². The summed E-state index contributed by atoms with van der Waals surface area (Å²) in [6.07, 6.45) is 10.8. The highest BCUT2D eigenvalue weighted by molar-refractivity contribution is 5.76. The smallest absolute Gasteiger partial charge is 0.312 e. The van der Waals surface area contributed by atoms with Crippen LogP contribution in [0.25, 0.3) is 0 Å². The van der Waals surface area contributed by atoms with Gasteiger partial charge in [0.15, 0.2) is 0 Å². The second-order valence-corrected chi connectivity index (χ2v) is 7.55. The molecule has 2 aliphatic carbocycles. The monoisotopic (exact) mass is 266 g/mol. The van der Waals surface area contributed by atoms with Crippen molar-refractivity contribution < 1.29 is 9.53 Å². The first kappa shape index (κ1) is 14.9. The highest BCUT2D eigenvalue weighted by Gasteiger charge is 2.54. The molecule has 2 fully saturated rings. The maximum atomic E-state index is 12.5. The number of rotatable bonds is 3. The third kappa shape index (κ3) is 2.55. The van der Waals surface area contributed by atoms with Crippen molar-refractivity contribution in [2.45, 2.75) is 91.1 Å². The van der Waals surface area contributed by atoms with Gasteiger partial charge in [-0.05, 0) is 59.3 Å². The summed E-state index contributed by atoms with van der Waals surface area (Å²) < 4.78 is 6.13. The summed E-state index contributed by atoms with van der Waals surface area (Å²) in [6, 6.07) is 0. The van der Waals surface area contributed by atoms with Gasteiger partial charge in [0, 0.05) is 5.41 Å². The van der Waals surface area contributed by atoms with Gasteiger partial charge in [0.1, 0.15) is 5.60 Å². The van der Waals surface area contributed by atoms with Gasteiger partial charge in [-0.15, -0.1) is 0 Å². The summed E-state index contributed by atoms with van der Waals surface area (Å²) in [6.45, 7) is 8.28. The van der Waals surface area contributed by atoms with E-state index in [0.717, 1.165) is 12.8 Å². The van der Waals surface area contributed by atoms with E-state index < -0.39 is 0 Å². The molecule has 19 heavy (non-hydrogen) atoms. The van der Waals surface area contributed by atoms with E-state index in [4.69, 9.17) is 4.74 Å². The van der Waals surface area contributed by atoms with Gasteiger partial charge in [-0.1, -0.05) is 26.2 Å². The average molecular weight is 266 g/mol. The summed E-state index contributed by atoms with van der Waals surface area (Å²) >= 11 is 0. The second kappa shape index (κ2) is 5.10. The summed E-state index contributed by atoms with van der Waals surface area (Å²) in [7, 11) is 0. The molecule has 0 heterocycles. The SMILES string of the molecule is CCC(C)(C)C(=O)OC1(C)CCCCC12CCCC2. The fourth-order valence-electron chi connectivity index (χ4n) is 3.93. The van der Waals surface area contributed by atoms with Crippen LogP contribution >= 0.6 is 0 Å². The molecule has 0 saturated heterocycles. The minimum atomic E-state index is -0.347. The molecule has 110 valence electrons. The number of hydrogen-bond acceptors (Lipinski definition) is 2. The van der Waals surface area contributed by atoms with Crippen molar-refractivity contribution in [3.05, 3.63) is 0 Å². The Labute approximate surface area is 118 Å². The lowest BCUT2D eigenvalue weighted by molar-refractivity contribution is -0.191. The molecular formula is C17H30O2. The zero-order chi connectivity index (χ0) is 14.1. The van der Waals surface area contributed by atoms with Crippen LogP contribution in [-0.2, 0) is 9.53 Å². The number of carbonyl (C=O) groups excluding carboxylic acids is 1. The number of carbonyl (C=O) groups is 1. The summed E-state index contributed by atoms with van der Waals surface area (Å²) in [5.74, 6) is 0.00525. The van der Waals surface area contributed by atoms with Crippen LogP contribution in [0.15, 0.2) is 0 Å². The Morgan fingerprint density at radius 3 is 2.00 bits per heavy atom. The third-order valence-corrected chi connectivity index (χ3v) is 6.00. The second-order valence-electron chi connectivity index (χ2n) is 7.55. The molecule has 1 unspecified atom stereocenters. The Balaban J connectivity index is 2.17. The molecule has 1 atom stereocenters. The van der Waals surface area contributed by atoms with Gasteiger partial charge in [-0.3, -0.25) is 4.79 Å². The number of ether oxygens (including phenoxy) is 1. The van der Waals surface area contributed by atoms with E-state index in [1.165, 1.54) is 44.9 Å². The Bertz CT molecular complexity index is 339. The molecular weight excluding hydrogens is 236 g/mol. The molecule has 2 saturated carbocycles. The van der Waals surface area contributed by atoms with Crippen molar-refractivity contribution in [3.63, 3.8) is 0 Å². The van der Waals surface area contributed by atoms with Crippen LogP contribution in [0, 0.1) is 10.8 Å². The van der Waals surface area contributed by atoms with Gasteiger partial charge < -0.3 is 4.74 Å². The Kier molecular flexibility index (Phi) is 3.99. The summed E-state index contributed by atoms with van der Waals surface area (Å²) in [5, 5.41) is 0. The van der Waals surface area contributed by atoms with E-state index in [-0.39, 0.29) is 22.4 Å². The van der Waals surface area contributed by atoms with Gasteiger partial charge in [0.05, 0.1) is 5.41 Å². The minimum Gasteiger partial charge on any atom is -0.458 e. The Morgan fingerprint density at radius 2 is 1.53 bits per heavy atom. The maximum Gasteiger partial charge on any atom is 0.312 e. The van der Waals surface area contributed by atoms with Crippen LogP contribution < -0.4 is 0 Å². The molecule has 0 amide bonds. The first-order valence-electron chi connectivity index (χ1n) is 8.09. The predicted octanol–water partition coefficient (Wildman–Crippen LogP) is 4.86. The molecule has 0 aromatic rings. The van der Waals surface area contributed by atoms with Gasteiger partial charge in [0.25, 0.3) is 0 Å². The standard InChI is InChI=1S/C17H30O2/c1-5-15(2,3)14(18)19-16(4)10-6-7-11-17(16)12-8-9-13-17/h5-13H2,1-4H3. The van der Waals surface area contributed by atoms with Crippen molar-refractivity contribution in [3.8, 4) is 0 Å². The fourth-order valence-corrected chi connectivity index (χ4v) is 3.93. The van der Waals surface area contributed by atoms with Crippen LogP contribution in [-0.4, -0.2) is 11.6 Å². The summed E-state index contributed by atoms with van der Waals surface area (Å²) in [5.41, 5.74) is -0.281. The summed E-state index contributed by atoms with van der Waals surface area (Å²) in [4.78, 5) is 12.5. The third-order valence-electron chi connectivity index (χ3n) is 6.00. The molecule has 0 N–H and O–H groups in total. The van der Waals surface area contributed by atoms with Crippen LogP contribution in [0.5, 0.6) is 0 Å². The fraction of sp³-hybridized carbons (Fsp3) is 0.941. The lowest BCUT2D eigenvalue weighted by Gasteiger charge is -2.50. The number of esters is 1. The van der Waals surface area contributed by atoms with Crippen LogP contribution in [0.4, 0.5) is 0 Å². The lowest BCUT2D eigenvalue weighted by Crippen LogP contribution is -2.51. The number of hydrogen-bond donors (Lipinski definition) is 0. The van der Waals surface area contributed by atoms with Crippen molar-refractivity contribution in [1.82, 2.24) is 0 Å². The van der Waals surface area contributed by atoms with Crippen molar-refractivity contribution in [2.24, 2.45) is 10.8 Å². The molecule has 2 aliphatic rings. The lowest BCUT2D eigenvalue weighted by atomic mass is 9.62. The molecule has 2 rings (SSSR count). The maximum absolute atomic E-state index is 12.5. The molecule has 0 aliphatic heterocycles. The van der Waals surface area contributed by atoms with E-state index in [0.29, 0.717) is 0 Å². The first-order chi connectivity index (χ1) is 8.85. The molecule has 2 nitrogen and oxygen atoms in total. The largest absolute Gasteiger partial charge is 0.458 e. The van der Waals surface area contributed by atoms with Gasteiger partial charge in [-0.25, -0.2) is 0 Å². The predicted molar refractivity (Wildman–Crippen MR) is 77.9 cm³/mol. The van der Waals surface area contributed by atoms with Crippen LogP contribution in [0.1, 0.15) is 85.5 Å². The van der Waals surface area contributed by atoms with E-state index in [1.54, 1.807) is 0 Å². The average Bonchev–Trinajstić information content (AvgIpc) is 2.83. The molecule has 0 aromatic heterocycles. The van der Waals surface area contributed by atoms with E-state index in [2.05, 4.69) is 13.8 Å². The van der Waals surface area contributed by atoms with Crippen molar-refractivity contribution >= 4 is 5.97 Å². The highest BCUT2D eigenvalue weighted by atomic mass is 16.6. The van der Waals surface area contributed by atoms with Gasteiger partial charge >= 0.3 is 5.97 Å². The molecule has 2 heteroatoms. The Hall–Kier alpha value is -0.530. The van der Waals surface area contributed by atoms with Crippen LogP contribution in [0.3, 0.4) is 0 Å². The molecule has 1 spiro atoms. The first-order valence-corrected chi connectivity index (χ1v) is 8.09. The normalized spacial score (nSPS) is 30.5. The van der Waals surface area contributed by atoms with E-state index in [9.17, 15) is 4.79 Å². The molecule has 0 aromatic carbocycles. The Morgan fingerprint density at radius 1 is 1.05 bits per heavy atom. The topological polar surface area (TPSA) is 26.3 Å². The van der Waals surface area contributed by atoms with Crippen LogP contribution in [0.2, 0.25) is 0 Å². The van der Waals surface area contributed by atoms with Crippen molar-refractivity contribution in [1.29, 1.82) is 0 Å². The highest BCUT2D eigenvalue weighted by Crippen LogP contribution is 2.56. The van der Waals surface area contributed by atoms with E-state index in [1.807, 2.05) is 13.8 Å². The minimum absolute atomic E-state index is 0.00525. The van der Waals surface area contributed by atoms with Gasteiger partial charge in [0.2, 0.25) is 0 Å². The van der Waals surface area contributed by atoms with Crippen molar-refractivity contribution in [2.75, 3.05) is 0 Å². The molecule has 0 bridgehead atoms. The zero-order valence-corrected chi connectivity index (χ0v) is 13.2. The zero-order valence-electron chi connectivity index (χ0n) is 13.2. The van der Waals surface area contributed by atoms with Gasteiger partial charge in [-0.2, -0.15) is 0 Å². The quantitative estimate of drug-likeness (QED) is 0.682. The molecule has 0 radical (unpaired) electrons.